The van der Waals surface area contributed by atoms with Gasteiger partial charge in [0.25, 0.3) is 0 Å². The molecule has 0 heterocycles. The Bertz CT molecular complexity index is 249. The van der Waals surface area contributed by atoms with Gasteiger partial charge >= 0.3 is 0 Å². The summed E-state index contributed by atoms with van der Waals surface area (Å²) in [7, 11) is 0. The van der Waals surface area contributed by atoms with Crippen LogP contribution in [0.5, 0.6) is 0 Å². The van der Waals surface area contributed by atoms with E-state index in [4.69, 9.17) is 0 Å². The highest BCUT2D eigenvalue weighted by atomic mass is 14.5. The maximum absolute atomic E-state index is 4.16. The summed E-state index contributed by atoms with van der Waals surface area (Å²) in [4.78, 5) is 0. The zero-order chi connectivity index (χ0) is 8.93. The Hall–Kier alpha value is -0.520. The summed E-state index contributed by atoms with van der Waals surface area (Å²) in [5, 5.41) is 0. The maximum Gasteiger partial charge on any atom is -0.0197 e. The van der Waals surface area contributed by atoms with E-state index in [1.165, 1.54) is 30.4 Å². The molecule has 0 aromatic carbocycles. The Labute approximate surface area is 75.4 Å². The van der Waals surface area contributed by atoms with Crippen LogP contribution < -0.4 is 0 Å². The Morgan fingerprint density at radius 1 is 1.33 bits per heavy atom. The molecule has 2 aliphatic rings. The molecule has 0 bridgehead atoms. The van der Waals surface area contributed by atoms with Gasteiger partial charge < -0.3 is 0 Å². The van der Waals surface area contributed by atoms with E-state index in [2.05, 4.69) is 27.0 Å². The molecule has 0 amide bonds. The van der Waals surface area contributed by atoms with Crippen molar-refractivity contribution in [2.75, 3.05) is 0 Å². The molecular weight excluding hydrogens is 144 g/mol. The monoisotopic (exact) mass is 162 g/mol. The van der Waals surface area contributed by atoms with Crippen molar-refractivity contribution in [1.29, 1.82) is 0 Å². The van der Waals surface area contributed by atoms with Gasteiger partial charge in [-0.25, -0.2) is 0 Å². The maximum atomic E-state index is 4.16. The fourth-order valence-corrected chi connectivity index (χ4v) is 3.27. The predicted octanol–water partition coefficient (Wildman–Crippen LogP) is 3.55. The highest BCUT2D eigenvalue weighted by Gasteiger charge is 2.49. The molecule has 12 heavy (non-hydrogen) atoms. The lowest BCUT2D eigenvalue weighted by molar-refractivity contribution is 0.248. The number of hydrogen-bond donors (Lipinski definition) is 0. The van der Waals surface area contributed by atoms with Crippen LogP contribution >= 0.6 is 0 Å². The highest BCUT2D eigenvalue weighted by molar-refractivity contribution is 5.24. The first-order valence-electron chi connectivity index (χ1n) is 4.87. The Balaban J connectivity index is 2.31. The van der Waals surface area contributed by atoms with Crippen LogP contribution in [0, 0.1) is 17.3 Å². The minimum absolute atomic E-state index is 0.521. The van der Waals surface area contributed by atoms with E-state index in [1.54, 1.807) is 0 Å². The van der Waals surface area contributed by atoms with E-state index in [-0.39, 0.29) is 0 Å². The lowest BCUT2D eigenvalue weighted by Crippen LogP contribution is -2.17. The van der Waals surface area contributed by atoms with Crippen LogP contribution in [0.1, 0.15) is 33.1 Å². The topological polar surface area (TPSA) is 0 Å². The van der Waals surface area contributed by atoms with E-state index in [1.807, 2.05) is 0 Å². The van der Waals surface area contributed by atoms with Gasteiger partial charge in [0, 0.05) is 0 Å². The zero-order valence-corrected chi connectivity index (χ0v) is 8.19. The molecule has 2 fully saturated rings. The van der Waals surface area contributed by atoms with Gasteiger partial charge in [0.2, 0.25) is 0 Å². The second-order valence-electron chi connectivity index (χ2n) is 5.02. The van der Waals surface area contributed by atoms with Crippen LogP contribution in [0.25, 0.3) is 0 Å². The standard InChI is InChI=1S/C12H18/c1-8-5-11-10(3)9(2)7-12(11,4)6-8/h10-11H,1-2,5-7H2,3-4H3/t10?,11-,12+/m0/s1. The van der Waals surface area contributed by atoms with Gasteiger partial charge in [0.15, 0.2) is 0 Å². The summed E-state index contributed by atoms with van der Waals surface area (Å²) >= 11 is 0. The molecular formula is C12H18. The summed E-state index contributed by atoms with van der Waals surface area (Å²) in [5.74, 6) is 1.58. The minimum atomic E-state index is 0.521. The van der Waals surface area contributed by atoms with E-state index in [9.17, 15) is 0 Å². The number of hydrogen-bond acceptors (Lipinski definition) is 0. The van der Waals surface area contributed by atoms with Crippen molar-refractivity contribution in [2.45, 2.75) is 33.1 Å². The Morgan fingerprint density at radius 2 is 2.00 bits per heavy atom. The predicted molar refractivity (Wildman–Crippen MR) is 52.9 cm³/mol. The normalized spacial score (nSPS) is 46.8. The van der Waals surface area contributed by atoms with Crippen LogP contribution in [-0.4, -0.2) is 0 Å². The van der Waals surface area contributed by atoms with Crippen LogP contribution in [0.4, 0.5) is 0 Å². The van der Waals surface area contributed by atoms with Crippen LogP contribution in [-0.2, 0) is 0 Å². The number of fused-ring (bicyclic) bond motifs is 1. The zero-order valence-electron chi connectivity index (χ0n) is 8.19. The second-order valence-corrected chi connectivity index (χ2v) is 5.02. The number of allylic oxidation sites excluding steroid dienone is 2. The van der Waals surface area contributed by atoms with E-state index in [0.29, 0.717) is 5.41 Å². The van der Waals surface area contributed by atoms with Gasteiger partial charge in [-0.15, -0.1) is 0 Å². The van der Waals surface area contributed by atoms with E-state index in [0.717, 1.165) is 11.8 Å². The van der Waals surface area contributed by atoms with Crippen molar-refractivity contribution in [3.63, 3.8) is 0 Å². The average Bonchev–Trinajstić information content (AvgIpc) is 2.31. The van der Waals surface area contributed by atoms with Crippen LogP contribution in [0.3, 0.4) is 0 Å². The van der Waals surface area contributed by atoms with Crippen LogP contribution in [0.2, 0.25) is 0 Å². The van der Waals surface area contributed by atoms with Gasteiger partial charge in [-0.05, 0) is 36.5 Å². The molecule has 0 heteroatoms. The Morgan fingerprint density at radius 3 is 2.58 bits per heavy atom. The van der Waals surface area contributed by atoms with Crippen molar-refractivity contribution in [3.8, 4) is 0 Å². The molecule has 2 rings (SSSR count). The lowest BCUT2D eigenvalue weighted by atomic mass is 9.80. The summed E-state index contributed by atoms with van der Waals surface area (Å²) in [6, 6.07) is 0. The van der Waals surface area contributed by atoms with Gasteiger partial charge in [-0.1, -0.05) is 38.2 Å². The number of rotatable bonds is 0. The molecule has 0 nitrogen and oxygen atoms in total. The second kappa shape index (κ2) is 2.25. The quantitative estimate of drug-likeness (QED) is 0.478. The van der Waals surface area contributed by atoms with Gasteiger partial charge in [0.05, 0.1) is 0 Å². The van der Waals surface area contributed by atoms with Crippen molar-refractivity contribution in [1.82, 2.24) is 0 Å². The first-order chi connectivity index (χ1) is 5.53. The van der Waals surface area contributed by atoms with Gasteiger partial charge in [-0.2, -0.15) is 0 Å². The fourth-order valence-electron chi connectivity index (χ4n) is 3.27. The molecule has 0 aromatic rings. The molecule has 66 valence electrons. The first kappa shape index (κ1) is 8.10. The molecule has 0 radical (unpaired) electrons. The molecule has 2 aliphatic carbocycles. The van der Waals surface area contributed by atoms with E-state index >= 15 is 0 Å². The molecule has 0 aliphatic heterocycles. The van der Waals surface area contributed by atoms with Crippen molar-refractivity contribution in [3.05, 3.63) is 24.3 Å². The summed E-state index contributed by atoms with van der Waals surface area (Å²) in [6.07, 6.45) is 3.72. The molecule has 3 atom stereocenters. The molecule has 2 saturated carbocycles. The van der Waals surface area contributed by atoms with Crippen molar-refractivity contribution < 1.29 is 0 Å². The fraction of sp³-hybridized carbons (Fsp3) is 0.667. The third kappa shape index (κ3) is 0.903. The molecule has 0 aromatic heterocycles. The third-order valence-electron chi connectivity index (χ3n) is 3.94. The van der Waals surface area contributed by atoms with Crippen LogP contribution in [0.15, 0.2) is 24.3 Å². The minimum Gasteiger partial charge on any atom is -0.0998 e. The lowest BCUT2D eigenvalue weighted by Gasteiger charge is -2.23. The Kier molecular flexibility index (Phi) is 1.51. The van der Waals surface area contributed by atoms with Gasteiger partial charge in [0.1, 0.15) is 0 Å². The third-order valence-corrected chi connectivity index (χ3v) is 3.94. The SMILES string of the molecule is C=C1C[C@H]2C(C)C(=C)C[C@@]2(C)C1. The molecule has 1 unspecified atom stereocenters. The van der Waals surface area contributed by atoms with Gasteiger partial charge in [-0.3, -0.25) is 0 Å². The smallest absolute Gasteiger partial charge is 0.0197 e. The average molecular weight is 162 g/mol. The van der Waals surface area contributed by atoms with Crippen molar-refractivity contribution >= 4 is 0 Å². The summed E-state index contributed by atoms with van der Waals surface area (Å²) < 4.78 is 0. The van der Waals surface area contributed by atoms with Crippen molar-refractivity contribution in [2.24, 2.45) is 17.3 Å². The summed E-state index contributed by atoms with van der Waals surface area (Å²) in [5.41, 5.74) is 3.45. The molecule has 0 saturated heterocycles. The van der Waals surface area contributed by atoms with E-state index < -0.39 is 0 Å². The highest BCUT2D eigenvalue weighted by Crippen LogP contribution is 2.59. The summed E-state index contributed by atoms with van der Waals surface area (Å²) in [6.45, 7) is 13.0. The molecule has 0 N–H and O–H groups in total. The molecule has 0 spiro atoms. The first-order valence-corrected chi connectivity index (χ1v) is 4.87. The largest absolute Gasteiger partial charge is 0.0998 e.